The number of non-ortho nitro benzene ring substituents is 1. The zero-order chi connectivity index (χ0) is 23.2. The van der Waals surface area contributed by atoms with Gasteiger partial charge in [0, 0.05) is 37.5 Å². The summed E-state index contributed by atoms with van der Waals surface area (Å²) in [5.41, 5.74) is -0.797. The second-order valence-electron chi connectivity index (χ2n) is 7.98. The lowest BCUT2D eigenvalue weighted by molar-refractivity contribution is -0.384. The van der Waals surface area contributed by atoms with E-state index in [1.165, 1.54) is 22.6 Å². The molecule has 2 aromatic carbocycles. The average Bonchev–Trinajstić information content (AvgIpc) is 2.75. The molecule has 0 bridgehead atoms. The van der Waals surface area contributed by atoms with Crippen LogP contribution in [0, 0.1) is 10.1 Å². The van der Waals surface area contributed by atoms with Gasteiger partial charge in [-0.05, 0) is 38.7 Å². The maximum absolute atomic E-state index is 13.5. The Morgan fingerprint density at radius 1 is 1.09 bits per heavy atom. The van der Waals surface area contributed by atoms with Crippen LogP contribution >= 0.6 is 0 Å². The third-order valence-corrected chi connectivity index (χ3v) is 5.52. The van der Waals surface area contributed by atoms with Gasteiger partial charge in [-0.25, -0.2) is 4.79 Å². The molecule has 0 saturated heterocycles. The molecule has 4 rings (SSSR count). The molecule has 0 aliphatic rings. The predicted molar refractivity (Wildman–Crippen MR) is 124 cm³/mol. The van der Waals surface area contributed by atoms with E-state index in [-0.39, 0.29) is 39.4 Å². The quantitative estimate of drug-likeness (QED) is 0.203. The molecule has 166 valence electrons. The van der Waals surface area contributed by atoms with Crippen molar-refractivity contribution in [2.24, 2.45) is 0 Å². The predicted octanol–water partition coefficient (Wildman–Crippen LogP) is 1.86. The Bertz CT molecular complexity index is 1540. The number of rotatable bonds is 7. The molecule has 0 atom stereocenters. The highest BCUT2D eigenvalue weighted by Gasteiger charge is 2.22. The Morgan fingerprint density at radius 2 is 1.84 bits per heavy atom. The molecule has 4 aromatic rings. The van der Waals surface area contributed by atoms with E-state index >= 15 is 0 Å². The first kappa shape index (κ1) is 21.4. The van der Waals surface area contributed by atoms with Crippen LogP contribution in [0.5, 0.6) is 0 Å². The summed E-state index contributed by atoms with van der Waals surface area (Å²) in [5, 5.41) is 15.0. The second kappa shape index (κ2) is 8.04. The van der Waals surface area contributed by atoms with E-state index in [2.05, 4.69) is 5.32 Å². The molecule has 0 radical (unpaired) electrons. The van der Waals surface area contributed by atoms with Crippen molar-refractivity contribution < 1.29 is 4.92 Å². The Morgan fingerprint density at radius 3 is 2.50 bits per heavy atom. The largest absolute Gasteiger partial charge is 0.383 e. The number of fused-ring (bicyclic) bond motifs is 2. The first-order valence-electron chi connectivity index (χ1n) is 10.3. The fraction of sp³-hybridized carbons (Fsp3) is 0.318. The van der Waals surface area contributed by atoms with E-state index < -0.39 is 21.6 Å². The van der Waals surface area contributed by atoms with Crippen LogP contribution in [0.15, 0.2) is 44.7 Å². The number of nitro benzene ring substituents is 1. The Balaban J connectivity index is 2.21. The highest BCUT2D eigenvalue weighted by Crippen LogP contribution is 2.28. The summed E-state index contributed by atoms with van der Waals surface area (Å²) in [7, 11) is 3.83. The normalized spacial score (nSPS) is 11.8. The van der Waals surface area contributed by atoms with Gasteiger partial charge in [-0.2, -0.15) is 0 Å². The number of aromatic nitrogens is 2. The van der Waals surface area contributed by atoms with Gasteiger partial charge in [0.05, 0.1) is 32.1 Å². The highest BCUT2D eigenvalue weighted by molar-refractivity contribution is 6.07. The van der Waals surface area contributed by atoms with Crippen molar-refractivity contribution in [3.63, 3.8) is 0 Å². The monoisotopic (exact) mass is 437 g/mol. The number of pyridine rings is 1. The summed E-state index contributed by atoms with van der Waals surface area (Å²) in [4.78, 5) is 52.7. The third kappa shape index (κ3) is 3.28. The molecule has 10 heteroatoms. The molecule has 10 nitrogen and oxygen atoms in total. The lowest BCUT2D eigenvalue weighted by Crippen LogP contribution is -2.38. The highest BCUT2D eigenvalue weighted by atomic mass is 16.6. The lowest BCUT2D eigenvalue weighted by atomic mass is 10.0. The second-order valence-corrected chi connectivity index (χ2v) is 7.98. The van der Waals surface area contributed by atoms with Gasteiger partial charge in [-0.3, -0.25) is 28.7 Å². The number of nitrogens with zero attached hydrogens (tertiary/aromatic N) is 4. The summed E-state index contributed by atoms with van der Waals surface area (Å²) < 4.78 is 2.48. The smallest absolute Gasteiger partial charge is 0.336 e. The molecule has 0 unspecified atom stereocenters. The summed E-state index contributed by atoms with van der Waals surface area (Å²) >= 11 is 0. The van der Waals surface area contributed by atoms with Crippen LogP contribution in [0.3, 0.4) is 0 Å². The molecule has 0 aliphatic carbocycles. The molecular formula is C22H23N5O5. The standard InChI is InChI=1S/C22H23N5O5/c1-4-10-25-21(29)14-6-7-16(23-9-11-24(2)3)18-19(14)26(22(25)30)17-8-5-13(27(31)32)12-15(17)20(18)28/h5-8,12,23H,4,9-11H2,1-3H3. The summed E-state index contributed by atoms with van der Waals surface area (Å²) in [6, 6.07) is 7.10. The van der Waals surface area contributed by atoms with Gasteiger partial charge in [-0.15, -0.1) is 0 Å². The van der Waals surface area contributed by atoms with Gasteiger partial charge in [0.25, 0.3) is 11.2 Å². The first-order valence-corrected chi connectivity index (χ1v) is 10.3. The number of benzene rings is 2. The molecule has 0 fully saturated rings. The van der Waals surface area contributed by atoms with Crippen LogP contribution in [0.25, 0.3) is 27.2 Å². The van der Waals surface area contributed by atoms with Crippen molar-refractivity contribution >= 4 is 38.6 Å². The molecule has 1 N–H and O–H groups in total. The van der Waals surface area contributed by atoms with Gasteiger partial charge in [0.2, 0.25) is 0 Å². The zero-order valence-electron chi connectivity index (χ0n) is 18.0. The van der Waals surface area contributed by atoms with Crippen LogP contribution in [-0.2, 0) is 6.54 Å². The van der Waals surface area contributed by atoms with Crippen molar-refractivity contribution in [3.05, 3.63) is 71.5 Å². The number of hydrogen-bond donors (Lipinski definition) is 1. The minimum atomic E-state index is -0.583. The van der Waals surface area contributed by atoms with E-state index in [4.69, 9.17) is 0 Å². The molecule has 0 amide bonds. The van der Waals surface area contributed by atoms with E-state index in [9.17, 15) is 24.5 Å². The van der Waals surface area contributed by atoms with Crippen LogP contribution in [0.2, 0.25) is 0 Å². The molecule has 0 aliphatic heterocycles. The minimum Gasteiger partial charge on any atom is -0.383 e. The maximum atomic E-state index is 13.5. The molecule has 0 spiro atoms. The topological polar surface area (TPSA) is 119 Å². The number of nitrogens with one attached hydrogen (secondary N) is 1. The molecular weight excluding hydrogens is 414 g/mol. The Hall–Kier alpha value is -3.79. The van der Waals surface area contributed by atoms with Crippen molar-refractivity contribution in [1.29, 1.82) is 0 Å². The van der Waals surface area contributed by atoms with Gasteiger partial charge < -0.3 is 10.2 Å². The fourth-order valence-electron chi connectivity index (χ4n) is 4.03. The summed E-state index contributed by atoms with van der Waals surface area (Å²) in [6.07, 6.45) is 0.573. The maximum Gasteiger partial charge on any atom is 0.336 e. The molecule has 32 heavy (non-hydrogen) atoms. The average molecular weight is 437 g/mol. The van der Waals surface area contributed by atoms with E-state index in [0.717, 1.165) is 4.57 Å². The minimum absolute atomic E-state index is 0.0543. The van der Waals surface area contributed by atoms with Crippen molar-refractivity contribution in [2.75, 3.05) is 32.5 Å². The van der Waals surface area contributed by atoms with Gasteiger partial charge in [0.15, 0.2) is 5.43 Å². The number of nitro groups is 1. The van der Waals surface area contributed by atoms with Crippen LogP contribution in [0.4, 0.5) is 11.4 Å². The number of anilines is 1. The van der Waals surface area contributed by atoms with Crippen LogP contribution < -0.4 is 22.0 Å². The number of hydrogen-bond acceptors (Lipinski definition) is 7. The summed E-state index contributed by atoms with van der Waals surface area (Å²) in [6.45, 7) is 3.30. The lowest BCUT2D eigenvalue weighted by Gasteiger charge is -2.17. The first-order chi connectivity index (χ1) is 15.3. The Kier molecular flexibility index (Phi) is 5.39. The SMILES string of the molecule is CCCn1c(=O)c2ccc(NCCN(C)C)c3c(=O)c4cc([N+](=O)[O-])ccc4n(c1=O)c23. The molecule has 2 aromatic heterocycles. The summed E-state index contributed by atoms with van der Waals surface area (Å²) in [5.74, 6) is 0. The van der Waals surface area contributed by atoms with E-state index in [1.807, 2.05) is 25.9 Å². The van der Waals surface area contributed by atoms with E-state index in [1.54, 1.807) is 12.1 Å². The van der Waals surface area contributed by atoms with Crippen molar-refractivity contribution in [3.8, 4) is 0 Å². The number of likely N-dealkylation sites (N-methyl/N-ethyl adjacent to an activating group) is 1. The van der Waals surface area contributed by atoms with Gasteiger partial charge in [-0.1, -0.05) is 6.92 Å². The third-order valence-electron chi connectivity index (χ3n) is 5.52. The van der Waals surface area contributed by atoms with Crippen molar-refractivity contribution in [1.82, 2.24) is 13.9 Å². The van der Waals surface area contributed by atoms with Gasteiger partial charge >= 0.3 is 5.69 Å². The Labute approximate surface area is 181 Å². The van der Waals surface area contributed by atoms with Crippen LogP contribution in [-0.4, -0.2) is 46.0 Å². The van der Waals surface area contributed by atoms with E-state index in [0.29, 0.717) is 25.2 Å². The fourth-order valence-corrected chi connectivity index (χ4v) is 4.03. The zero-order valence-corrected chi connectivity index (χ0v) is 18.0. The molecule has 2 heterocycles. The van der Waals surface area contributed by atoms with Crippen molar-refractivity contribution in [2.45, 2.75) is 19.9 Å². The van der Waals surface area contributed by atoms with Crippen LogP contribution in [0.1, 0.15) is 13.3 Å². The van der Waals surface area contributed by atoms with Gasteiger partial charge in [0.1, 0.15) is 0 Å². The molecule has 0 saturated carbocycles.